The van der Waals surface area contributed by atoms with E-state index in [-0.39, 0.29) is 0 Å². The summed E-state index contributed by atoms with van der Waals surface area (Å²) in [5.74, 6) is 0. The number of nitrogens with zero attached hydrogens (tertiary/aromatic N) is 2. The van der Waals surface area contributed by atoms with Gasteiger partial charge in [-0.05, 0) is 18.4 Å². The summed E-state index contributed by atoms with van der Waals surface area (Å²) in [5, 5.41) is 10.3. The molecule has 1 aromatic carbocycles. The van der Waals surface area contributed by atoms with Gasteiger partial charge in [-0.1, -0.05) is 30.3 Å². The third-order valence-electron chi connectivity index (χ3n) is 3.25. The van der Waals surface area contributed by atoms with Gasteiger partial charge in [0.2, 0.25) is 0 Å². The van der Waals surface area contributed by atoms with Gasteiger partial charge in [-0.25, -0.2) is 4.98 Å². The van der Waals surface area contributed by atoms with E-state index in [4.69, 9.17) is 0 Å². The van der Waals surface area contributed by atoms with Crippen molar-refractivity contribution in [2.45, 2.75) is 31.4 Å². The number of hydrogen-bond donors (Lipinski definition) is 1. The molecule has 0 radical (unpaired) electrons. The van der Waals surface area contributed by atoms with Gasteiger partial charge in [0.25, 0.3) is 0 Å². The highest BCUT2D eigenvalue weighted by molar-refractivity contribution is 5.18. The van der Waals surface area contributed by atoms with E-state index < -0.39 is 6.10 Å². The Labute approximate surface area is 101 Å². The van der Waals surface area contributed by atoms with Gasteiger partial charge >= 0.3 is 0 Å². The van der Waals surface area contributed by atoms with Crippen molar-refractivity contribution in [3.8, 4) is 0 Å². The van der Waals surface area contributed by atoms with Gasteiger partial charge in [-0.2, -0.15) is 0 Å². The molecule has 0 aliphatic heterocycles. The van der Waals surface area contributed by atoms with Crippen molar-refractivity contribution in [1.82, 2.24) is 9.55 Å². The summed E-state index contributed by atoms with van der Waals surface area (Å²) in [6, 6.07) is 10.6. The Morgan fingerprint density at radius 1 is 1.29 bits per heavy atom. The van der Waals surface area contributed by atoms with Crippen molar-refractivity contribution in [3.05, 3.63) is 54.1 Å². The molecule has 2 aromatic rings. The molecule has 0 bridgehead atoms. The number of benzene rings is 1. The minimum Gasteiger partial charge on any atom is -0.386 e. The number of aromatic nitrogens is 2. The van der Waals surface area contributed by atoms with E-state index in [1.165, 1.54) is 12.8 Å². The standard InChI is InChI=1S/C14H16N2O/c17-14(8-11-4-2-1-3-5-11)13-9-15-10-16(13)12-6-7-12/h1-5,9-10,12,14,17H,6-8H2. The van der Waals surface area contributed by atoms with Crippen LogP contribution in [0.25, 0.3) is 0 Å². The highest BCUT2D eigenvalue weighted by atomic mass is 16.3. The first-order chi connectivity index (χ1) is 8.34. The monoisotopic (exact) mass is 228 g/mol. The maximum atomic E-state index is 10.3. The molecule has 0 spiro atoms. The summed E-state index contributed by atoms with van der Waals surface area (Å²) in [4.78, 5) is 4.15. The van der Waals surface area contributed by atoms with Crippen LogP contribution in [0.5, 0.6) is 0 Å². The van der Waals surface area contributed by atoms with Crippen LogP contribution in [0.2, 0.25) is 0 Å². The molecular weight excluding hydrogens is 212 g/mol. The normalized spacial score (nSPS) is 17.0. The van der Waals surface area contributed by atoms with E-state index in [2.05, 4.69) is 9.55 Å². The van der Waals surface area contributed by atoms with E-state index in [9.17, 15) is 5.11 Å². The van der Waals surface area contributed by atoms with Crippen molar-refractivity contribution in [3.63, 3.8) is 0 Å². The van der Waals surface area contributed by atoms with Gasteiger partial charge in [0.1, 0.15) is 0 Å². The Bertz CT molecular complexity index is 488. The average molecular weight is 228 g/mol. The van der Waals surface area contributed by atoms with Gasteiger partial charge < -0.3 is 9.67 Å². The number of imidazole rings is 1. The van der Waals surface area contributed by atoms with E-state index in [0.29, 0.717) is 12.5 Å². The molecule has 1 fully saturated rings. The van der Waals surface area contributed by atoms with Crippen LogP contribution in [0.4, 0.5) is 0 Å². The van der Waals surface area contributed by atoms with Gasteiger partial charge in [-0.15, -0.1) is 0 Å². The number of hydrogen-bond acceptors (Lipinski definition) is 2. The highest BCUT2D eigenvalue weighted by Crippen LogP contribution is 2.37. The molecule has 1 atom stereocenters. The first kappa shape index (κ1) is 10.5. The second-order valence-corrected chi connectivity index (χ2v) is 4.66. The molecule has 3 nitrogen and oxygen atoms in total. The molecule has 3 heteroatoms. The number of aliphatic hydroxyl groups excluding tert-OH is 1. The lowest BCUT2D eigenvalue weighted by Gasteiger charge is -2.13. The fraction of sp³-hybridized carbons (Fsp3) is 0.357. The van der Waals surface area contributed by atoms with Crippen LogP contribution in [0.15, 0.2) is 42.9 Å². The summed E-state index contributed by atoms with van der Waals surface area (Å²) >= 11 is 0. The lowest BCUT2D eigenvalue weighted by atomic mass is 10.1. The molecule has 3 rings (SSSR count). The third-order valence-corrected chi connectivity index (χ3v) is 3.25. The molecule has 1 aliphatic rings. The maximum Gasteiger partial charge on any atom is 0.0996 e. The fourth-order valence-corrected chi connectivity index (χ4v) is 2.17. The van der Waals surface area contributed by atoms with Crippen LogP contribution < -0.4 is 0 Å². The van der Waals surface area contributed by atoms with E-state index in [1.54, 1.807) is 6.20 Å². The van der Waals surface area contributed by atoms with Crippen molar-refractivity contribution >= 4 is 0 Å². The molecule has 1 heterocycles. The Balaban J connectivity index is 1.77. The van der Waals surface area contributed by atoms with Crippen LogP contribution in [0, 0.1) is 0 Å². The summed E-state index contributed by atoms with van der Waals surface area (Å²) in [5.41, 5.74) is 2.10. The van der Waals surface area contributed by atoms with Crippen LogP contribution >= 0.6 is 0 Å². The molecular formula is C14H16N2O. The molecule has 1 N–H and O–H groups in total. The molecule has 1 unspecified atom stereocenters. The van der Waals surface area contributed by atoms with Crippen LogP contribution in [-0.2, 0) is 6.42 Å². The topological polar surface area (TPSA) is 38.1 Å². The van der Waals surface area contributed by atoms with Gasteiger partial charge in [0, 0.05) is 12.5 Å². The first-order valence-corrected chi connectivity index (χ1v) is 6.08. The minimum atomic E-state index is -0.458. The van der Waals surface area contributed by atoms with Crippen LogP contribution in [0.1, 0.15) is 36.2 Å². The number of aliphatic hydroxyl groups is 1. The smallest absolute Gasteiger partial charge is 0.0996 e. The molecule has 0 amide bonds. The average Bonchev–Trinajstić information content (AvgIpc) is 3.08. The van der Waals surface area contributed by atoms with E-state index in [1.807, 2.05) is 36.7 Å². The van der Waals surface area contributed by atoms with Gasteiger partial charge in [0.15, 0.2) is 0 Å². The van der Waals surface area contributed by atoms with Gasteiger partial charge in [-0.3, -0.25) is 0 Å². The van der Waals surface area contributed by atoms with E-state index in [0.717, 1.165) is 11.3 Å². The zero-order valence-electron chi connectivity index (χ0n) is 9.66. The second kappa shape index (κ2) is 4.34. The third kappa shape index (κ3) is 2.24. The predicted octanol–water partition coefficient (Wildman–Crippen LogP) is 2.49. The summed E-state index contributed by atoms with van der Waals surface area (Å²) in [7, 11) is 0. The maximum absolute atomic E-state index is 10.3. The SMILES string of the molecule is OC(Cc1ccccc1)c1cncn1C1CC1. The largest absolute Gasteiger partial charge is 0.386 e. The zero-order valence-corrected chi connectivity index (χ0v) is 9.66. The molecule has 1 aliphatic carbocycles. The van der Waals surface area contributed by atoms with Crippen molar-refractivity contribution in [1.29, 1.82) is 0 Å². The van der Waals surface area contributed by atoms with Crippen LogP contribution in [0.3, 0.4) is 0 Å². The van der Waals surface area contributed by atoms with E-state index >= 15 is 0 Å². The quantitative estimate of drug-likeness (QED) is 0.873. The molecule has 88 valence electrons. The fourth-order valence-electron chi connectivity index (χ4n) is 2.17. The summed E-state index contributed by atoms with van der Waals surface area (Å²) in [6.45, 7) is 0. The lowest BCUT2D eigenvalue weighted by Crippen LogP contribution is -2.08. The highest BCUT2D eigenvalue weighted by Gasteiger charge is 2.27. The Kier molecular flexibility index (Phi) is 2.69. The summed E-state index contributed by atoms with van der Waals surface area (Å²) < 4.78 is 2.12. The Hall–Kier alpha value is -1.61. The van der Waals surface area contributed by atoms with Crippen molar-refractivity contribution in [2.75, 3.05) is 0 Å². The second-order valence-electron chi connectivity index (χ2n) is 4.66. The van der Waals surface area contributed by atoms with Crippen molar-refractivity contribution < 1.29 is 5.11 Å². The van der Waals surface area contributed by atoms with Crippen molar-refractivity contribution in [2.24, 2.45) is 0 Å². The molecule has 1 aromatic heterocycles. The molecule has 1 saturated carbocycles. The Morgan fingerprint density at radius 2 is 2.06 bits per heavy atom. The lowest BCUT2D eigenvalue weighted by molar-refractivity contribution is 0.168. The summed E-state index contributed by atoms with van der Waals surface area (Å²) in [6.07, 6.45) is 6.23. The molecule has 0 saturated heterocycles. The van der Waals surface area contributed by atoms with Gasteiger partial charge in [0.05, 0.1) is 24.3 Å². The zero-order chi connectivity index (χ0) is 11.7. The first-order valence-electron chi connectivity index (χ1n) is 6.08. The Morgan fingerprint density at radius 3 is 2.76 bits per heavy atom. The molecule has 17 heavy (non-hydrogen) atoms. The van der Waals surface area contributed by atoms with Crippen LogP contribution in [-0.4, -0.2) is 14.7 Å². The number of rotatable bonds is 4. The predicted molar refractivity (Wildman–Crippen MR) is 65.6 cm³/mol. The minimum absolute atomic E-state index is 0.458.